The van der Waals surface area contributed by atoms with Crippen LogP contribution in [0.15, 0.2) is 29.0 Å². The third kappa shape index (κ3) is 17.0. The highest BCUT2D eigenvalue weighted by molar-refractivity contribution is 5.81. The van der Waals surface area contributed by atoms with Gasteiger partial charge >= 0.3 is 6.09 Å². The Morgan fingerprint density at radius 2 is 1.77 bits per heavy atom. The molecule has 250 valence electrons. The fraction of sp³-hybridized carbons (Fsp3) is 0.676. The number of likely N-dealkylation sites (tertiary alicyclic amines) is 1. The van der Waals surface area contributed by atoms with Crippen LogP contribution in [0.25, 0.3) is 0 Å². The van der Waals surface area contributed by atoms with Crippen molar-refractivity contribution in [2.75, 3.05) is 18.4 Å². The molecule has 1 aliphatic heterocycles. The van der Waals surface area contributed by atoms with E-state index < -0.39 is 5.60 Å². The smallest absolute Gasteiger partial charge is 0.410 e. The summed E-state index contributed by atoms with van der Waals surface area (Å²) < 4.78 is 10.6. The molecule has 1 fully saturated rings. The number of aromatic nitrogens is 2. The summed E-state index contributed by atoms with van der Waals surface area (Å²) in [6.07, 6.45) is 5.81. The molecule has 0 spiro atoms. The Morgan fingerprint density at radius 3 is 2.23 bits per heavy atom. The Labute approximate surface area is 266 Å². The van der Waals surface area contributed by atoms with Crippen molar-refractivity contribution in [2.45, 2.75) is 126 Å². The van der Waals surface area contributed by atoms with Crippen molar-refractivity contribution in [1.82, 2.24) is 20.2 Å². The van der Waals surface area contributed by atoms with Gasteiger partial charge in [-0.15, -0.1) is 0 Å². The van der Waals surface area contributed by atoms with E-state index in [0.717, 1.165) is 24.4 Å². The van der Waals surface area contributed by atoms with Crippen LogP contribution in [0.5, 0.6) is 0 Å². The SMILES string of the molecule is CC.CC(=O)N[C@@H]1C[C@H](C)CN(C(=O)OC(C)(C)C)C1.CC(C)(C)c1ncc(C=O)c(NCc2ccco2)n1.CCC(C)C. The number of furan rings is 1. The van der Waals surface area contributed by atoms with E-state index >= 15 is 0 Å². The summed E-state index contributed by atoms with van der Waals surface area (Å²) in [6.45, 7) is 27.5. The van der Waals surface area contributed by atoms with Gasteiger partial charge in [0.2, 0.25) is 5.91 Å². The van der Waals surface area contributed by atoms with Crippen molar-refractivity contribution in [3.05, 3.63) is 41.7 Å². The van der Waals surface area contributed by atoms with Gasteiger partial charge in [0.25, 0.3) is 0 Å². The zero-order valence-corrected chi connectivity index (χ0v) is 29.5. The Balaban J connectivity index is 0.000000696. The molecule has 0 aromatic carbocycles. The molecular weight excluding hydrogens is 558 g/mol. The number of hydrogen-bond donors (Lipinski definition) is 2. The van der Waals surface area contributed by atoms with Crippen molar-refractivity contribution in [3.63, 3.8) is 0 Å². The van der Waals surface area contributed by atoms with E-state index in [1.165, 1.54) is 13.3 Å². The van der Waals surface area contributed by atoms with Crippen molar-refractivity contribution in [3.8, 4) is 0 Å². The number of carbonyl (C=O) groups excluding carboxylic acids is 3. The van der Waals surface area contributed by atoms with Crippen LogP contribution in [0.1, 0.15) is 125 Å². The summed E-state index contributed by atoms with van der Waals surface area (Å²) in [4.78, 5) is 44.4. The van der Waals surface area contributed by atoms with E-state index in [9.17, 15) is 14.4 Å². The van der Waals surface area contributed by atoms with Crippen LogP contribution in [0.3, 0.4) is 0 Å². The molecule has 0 unspecified atom stereocenters. The lowest BCUT2D eigenvalue weighted by atomic mass is 9.95. The first kappa shape index (κ1) is 40.6. The van der Waals surface area contributed by atoms with Crippen molar-refractivity contribution >= 4 is 24.1 Å². The first-order valence-corrected chi connectivity index (χ1v) is 15.8. The topological polar surface area (TPSA) is 127 Å². The number of rotatable bonds is 6. The summed E-state index contributed by atoms with van der Waals surface area (Å²) in [5.74, 6) is 3.20. The van der Waals surface area contributed by atoms with Crippen LogP contribution >= 0.6 is 0 Å². The second-order valence-corrected chi connectivity index (χ2v) is 13.2. The quantitative estimate of drug-likeness (QED) is 0.317. The van der Waals surface area contributed by atoms with Crippen LogP contribution in [-0.2, 0) is 21.5 Å². The maximum atomic E-state index is 12.0. The first-order chi connectivity index (χ1) is 20.4. The second kappa shape index (κ2) is 19.8. The van der Waals surface area contributed by atoms with E-state index in [4.69, 9.17) is 9.15 Å². The maximum absolute atomic E-state index is 12.0. The average molecular weight is 618 g/mol. The zero-order valence-electron chi connectivity index (χ0n) is 29.5. The molecule has 3 rings (SSSR count). The minimum absolute atomic E-state index is 0.0266. The highest BCUT2D eigenvalue weighted by Gasteiger charge is 2.31. The van der Waals surface area contributed by atoms with E-state index in [0.29, 0.717) is 42.8 Å². The van der Waals surface area contributed by atoms with Gasteiger partial charge in [-0.3, -0.25) is 9.59 Å². The second-order valence-electron chi connectivity index (χ2n) is 13.2. The Hall–Kier alpha value is -3.43. The van der Waals surface area contributed by atoms with Crippen LogP contribution in [0.2, 0.25) is 0 Å². The fourth-order valence-electron chi connectivity index (χ4n) is 3.78. The largest absolute Gasteiger partial charge is 0.467 e. The van der Waals surface area contributed by atoms with Crippen molar-refractivity contribution in [2.24, 2.45) is 11.8 Å². The van der Waals surface area contributed by atoms with E-state index in [2.05, 4.69) is 48.3 Å². The van der Waals surface area contributed by atoms with Crippen LogP contribution in [0.4, 0.5) is 10.6 Å². The summed E-state index contributed by atoms with van der Waals surface area (Å²) in [6, 6.07) is 3.70. The molecule has 0 saturated carbocycles. The molecule has 2 atom stereocenters. The fourth-order valence-corrected chi connectivity index (χ4v) is 3.78. The van der Waals surface area contributed by atoms with Crippen LogP contribution in [-0.4, -0.2) is 57.9 Å². The average Bonchev–Trinajstić information content (AvgIpc) is 3.45. The normalized spacial score (nSPS) is 16.2. The van der Waals surface area contributed by atoms with Gasteiger partial charge in [0, 0.05) is 37.7 Å². The standard InChI is InChI=1S/C14H17N3O2.C13H24N2O3.C5H12.C2H6/c1-14(2,3)13-16-7-10(9-18)12(17-13)15-8-11-5-4-6-19-11;1-9-6-11(14-10(2)16)8-15(7-9)12(17)18-13(3,4)5;1-4-5(2)3;1-2/h4-7,9H,8H2,1-3H3,(H,15,16,17);9,11H,6-8H2,1-5H3,(H,14,16);5H,4H2,1-3H3;1-2H3/t;9-,11+;;/m.0../s1. The highest BCUT2D eigenvalue weighted by atomic mass is 16.6. The third-order valence-corrected chi connectivity index (χ3v) is 6.16. The number of ether oxygens (including phenoxy) is 1. The van der Waals surface area contributed by atoms with Gasteiger partial charge in [0.15, 0.2) is 6.29 Å². The maximum Gasteiger partial charge on any atom is 0.410 e. The lowest BCUT2D eigenvalue weighted by Gasteiger charge is -2.37. The monoisotopic (exact) mass is 617 g/mol. The third-order valence-electron chi connectivity index (χ3n) is 6.16. The van der Waals surface area contributed by atoms with Gasteiger partial charge in [-0.1, -0.05) is 68.7 Å². The summed E-state index contributed by atoms with van der Waals surface area (Å²) in [5.41, 5.74) is -0.205. The lowest BCUT2D eigenvalue weighted by Crippen LogP contribution is -2.52. The summed E-state index contributed by atoms with van der Waals surface area (Å²) in [5, 5.41) is 5.97. The first-order valence-electron chi connectivity index (χ1n) is 15.8. The van der Waals surface area contributed by atoms with Gasteiger partial charge < -0.3 is 24.7 Å². The Morgan fingerprint density at radius 1 is 1.16 bits per heavy atom. The molecule has 10 nitrogen and oxygen atoms in total. The van der Waals surface area contributed by atoms with Crippen LogP contribution < -0.4 is 10.6 Å². The highest BCUT2D eigenvalue weighted by Crippen LogP contribution is 2.21. The number of amides is 2. The molecule has 1 aliphatic rings. The summed E-state index contributed by atoms with van der Waals surface area (Å²) >= 11 is 0. The summed E-state index contributed by atoms with van der Waals surface area (Å²) in [7, 11) is 0. The molecule has 2 N–H and O–H groups in total. The van der Waals surface area contributed by atoms with Crippen LogP contribution in [0, 0.1) is 11.8 Å². The molecule has 0 bridgehead atoms. The van der Waals surface area contributed by atoms with E-state index in [1.807, 2.05) is 67.5 Å². The predicted molar refractivity (Wildman–Crippen MR) is 178 cm³/mol. The lowest BCUT2D eigenvalue weighted by molar-refractivity contribution is -0.120. The predicted octanol–water partition coefficient (Wildman–Crippen LogP) is 7.64. The number of nitrogens with zero attached hydrogens (tertiary/aromatic N) is 3. The number of piperidine rings is 1. The van der Waals surface area contributed by atoms with Gasteiger partial charge in [-0.2, -0.15) is 0 Å². The molecule has 2 aromatic rings. The van der Waals surface area contributed by atoms with Gasteiger partial charge in [0.05, 0.1) is 18.4 Å². The number of carbonyl (C=O) groups is 3. The number of aldehydes is 1. The van der Waals surface area contributed by atoms with Gasteiger partial charge in [0.1, 0.15) is 23.0 Å². The number of anilines is 1. The molecule has 2 amide bonds. The molecule has 0 aliphatic carbocycles. The molecule has 0 radical (unpaired) electrons. The van der Waals surface area contributed by atoms with E-state index in [1.54, 1.807) is 17.4 Å². The van der Waals surface area contributed by atoms with E-state index in [-0.39, 0.29) is 23.5 Å². The van der Waals surface area contributed by atoms with Gasteiger partial charge in [-0.05, 0) is 51.2 Å². The minimum Gasteiger partial charge on any atom is -0.467 e. The van der Waals surface area contributed by atoms with Gasteiger partial charge in [-0.25, -0.2) is 14.8 Å². The number of hydrogen-bond acceptors (Lipinski definition) is 8. The Kier molecular flexibility index (Phi) is 18.2. The van der Waals surface area contributed by atoms with Crippen molar-refractivity contribution < 1.29 is 23.5 Å². The molecule has 10 heteroatoms. The minimum atomic E-state index is -0.485. The molecule has 2 aromatic heterocycles. The molecule has 44 heavy (non-hydrogen) atoms. The molecule has 3 heterocycles. The number of nitrogens with one attached hydrogen (secondary N) is 2. The zero-order chi connectivity index (χ0) is 34.1. The molecular formula is C34H59N5O5. The molecule has 1 saturated heterocycles. The Bertz CT molecular complexity index is 1100. The van der Waals surface area contributed by atoms with Crippen molar-refractivity contribution in [1.29, 1.82) is 0 Å².